The number of thioether (sulfide) groups is 1. The summed E-state index contributed by atoms with van der Waals surface area (Å²) >= 11 is 5.96. The van der Waals surface area contributed by atoms with E-state index in [1.807, 2.05) is 0 Å². The Morgan fingerprint density at radius 3 is 2.83 bits per heavy atom. The molecule has 8 heteroatoms. The Bertz CT molecular complexity index is 931. The van der Waals surface area contributed by atoms with Gasteiger partial charge < -0.3 is 9.52 Å². The van der Waals surface area contributed by atoms with Gasteiger partial charge in [0.1, 0.15) is 22.7 Å². The summed E-state index contributed by atoms with van der Waals surface area (Å²) in [5.74, 6) is -1.69. The Kier molecular flexibility index (Phi) is 4.01. The molecule has 116 valence electrons. The van der Waals surface area contributed by atoms with Crippen LogP contribution in [0.5, 0.6) is 0 Å². The lowest BCUT2D eigenvalue weighted by atomic mass is 10.1. The standard InChI is InChI=1S/C15H9NO5S2/c17-12(18)6-16-14(20)11(23-15(16)22)5-8-7-21-10-4-2-1-3-9(10)13(8)19/h1-5,7H,6H2,(H,17,18)/b11-5-. The topological polar surface area (TPSA) is 87.8 Å². The van der Waals surface area contributed by atoms with Crippen LogP contribution < -0.4 is 5.43 Å². The summed E-state index contributed by atoms with van der Waals surface area (Å²) in [6.45, 7) is -0.506. The molecule has 1 fully saturated rings. The van der Waals surface area contributed by atoms with Crippen LogP contribution in [-0.2, 0) is 9.59 Å². The Balaban J connectivity index is 2.01. The summed E-state index contributed by atoms with van der Waals surface area (Å²) in [6.07, 6.45) is 2.65. The van der Waals surface area contributed by atoms with Gasteiger partial charge in [0, 0.05) is 0 Å². The molecule has 1 aliphatic rings. The van der Waals surface area contributed by atoms with Gasteiger partial charge in [-0.1, -0.05) is 36.1 Å². The molecule has 2 aromatic rings. The fraction of sp³-hybridized carbons (Fsp3) is 0.0667. The molecule has 2 heterocycles. The molecule has 1 saturated heterocycles. The highest BCUT2D eigenvalue weighted by molar-refractivity contribution is 8.26. The smallest absolute Gasteiger partial charge is 0.323 e. The molecule has 0 bridgehead atoms. The Morgan fingerprint density at radius 1 is 1.35 bits per heavy atom. The van der Waals surface area contributed by atoms with Crippen molar-refractivity contribution in [3.63, 3.8) is 0 Å². The van der Waals surface area contributed by atoms with E-state index >= 15 is 0 Å². The van der Waals surface area contributed by atoms with Gasteiger partial charge in [-0.2, -0.15) is 0 Å². The third-order valence-corrected chi connectivity index (χ3v) is 4.54. The highest BCUT2D eigenvalue weighted by atomic mass is 32.2. The molecule has 0 aliphatic carbocycles. The lowest BCUT2D eigenvalue weighted by Crippen LogP contribution is -2.33. The first-order valence-corrected chi connectivity index (χ1v) is 7.67. The zero-order valence-corrected chi connectivity index (χ0v) is 13.1. The Labute approximate surface area is 139 Å². The van der Waals surface area contributed by atoms with Crippen molar-refractivity contribution in [1.82, 2.24) is 4.90 Å². The second-order valence-electron chi connectivity index (χ2n) is 4.68. The lowest BCUT2D eigenvalue weighted by Gasteiger charge is -2.10. The van der Waals surface area contributed by atoms with Gasteiger partial charge in [0.25, 0.3) is 5.91 Å². The largest absolute Gasteiger partial charge is 0.480 e. The molecule has 1 N–H and O–H groups in total. The molecule has 0 unspecified atom stereocenters. The second kappa shape index (κ2) is 5.98. The van der Waals surface area contributed by atoms with E-state index in [0.717, 1.165) is 16.7 Å². The quantitative estimate of drug-likeness (QED) is 0.672. The van der Waals surface area contributed by atoms with E-state index in [2.05, 4.69) is 0 Å². The summed E-state index contributed by atoms with van der Waals surface area (Å²) in [5, 5.41) is 9.21. The number of carbonyl (C=O) groups excluding carboxylic acids is 1. The summed E-state index contributed by atoms with van der Waals surface area (Å²) in [6, 6.07) is 6.78. The molecule has 23 heavy (non-hydrogen) atoms. The minimum atomic E-state index is -1.16. The summed E-state index contributed by atoms with van der Waals surface area (Å²) < 4.78 is 5.53. The Hall–Kier alpha value is -2.45. The van der Waals surface area contributed by atoms with E-state index in [-0.39, 0.29) is 20.2 Å². The maximum Gasteiger partial charge on any atom is 0.323 e. The number of rotatable bonds is 3. The average Bonchev–Trinajstić information content (AvgIpc) is 2.77. The zero-order chi connectivity index (χ0) is 16.6. The molecule has 0 radical (unpaired) electrons. The van der Waals surface area contributed by atoms with E-state index in [9.17, 15) is 14.4 Å². The number of carbonyl (C=O) groups is 2. The number of nitrogens with zero attached hydrogens (tertiary/aromatic N) is 1. The molecule has 6 nitrogen and oxygen atoms in total. The summed E-state index contributed by atoms with van der Waals surface area (Å²) in [4.78, 5) is 36.5. The molecule has 0 atom stereocenters. The van der Waals surface area contributed by atoms with E-state index in [1.165, 1.54) is 12.3 Å². The van der Waals surface area contributed by atoms with Gasteiger partial charge >= 0.3 is 5.97 Å². The molecular weight excluding hydrogens is 338 g/mol. The normalized spacial score (nSPS) is 16.5. The number of benzene rings is 1. The van der Waals surface area contributed by atoms with Gasteiger partial charge in [-0.05, 0) is 18.2 Å². The molecule has 3 rings (SSSR count). The summed E-state index contributed by atoms with van der Waals surface area (Å²) in [5.41, 5.74) is 0.392. The van der Waals surface area contributed by atoms with Crippen LogP contribution in [0.4, 0.5) is 0 Å². The molecular formula is C15H9NO5S2. The van der Waals surface area contributed by atoms with Crippen molar-refractivity contribution in [2.75, 3.05) is 6.54 Å². The third-order valence-electron chi connectivity index (χ3n) is 3.16. The fourth-order valence-electron chi connectivity index (χ4n) is 2.11. The molecule has 0 saturated carbocycles. The van der Waals surface area contributed by atoms with Gasteiger partial charge in [0.15, 0.2) is 5.43 Å². The third kappa shape index (κ3) is 2.90. The first-order chi connectivity index (χ1) is 11.0. The van der Waals surface area contributed by atoms with E-state index in [1.54, 1.807) is 24.3 Å². The molecule has 0 spiro atoms. The zero-order valence-electron chi connectivity index (χ0n) is 11.5. The van der Waals surface area contributed by atoms with Crippen LogP contribution in [0.25, 0.3) is 17.0 Å². The van der Waals surface area contributed by atoms with E-state index in [4.69, 9.17) is 21.7 Å². The van der Waals surface area contributed by atoms with E-state index in [0.29, 0.717) is 11.0 Å². The van der Waals surface area contributed by atoms with Crippen molar-refractivity contribution in [1.29, 1.82) is 0 Å². The number of fused-ring (bicyclic) bond motifs is 1. The molecule has 1 aromatic heterocycles. The van der Waals surface area contributed by atoms with Gasteiger partial charge in [0.2, 0.25) is 0 Å². The highest BCUT2D eigenvalue weighted by Gasteiger charge is 2.33. The van der Waals surface area contributed by atoms with Gasteiger partial charge in [-0.25, -0.2) is 0 Å². The lowest BCUT2D eigenvalue weighted by molar-refractivity contribution is -0.140. The molecule has 1 aliphatic heterocycles. The minimum absolute atomic E-state index is 0.147. The van der Waals surface area contributed by atoms with Gasteiger partial charge in [-0.3, -0.25) is 19.3 Å². The first-order valence-electron chi connectivity index (χ1n) is 6.45. The average molecular weight is 347 g/mol. The SMILES string of the molecule is O=C(O)CN1C(=O)/C(=C/c2coc3ccccc3c2=O)SC1=S. The second-order valence-corrected chi connectivity index (χ2v) is 6.35. The number of hydrogen-bond acceptors (Lipinski definition) is 6. The fourth-order valence-corrected chi connectivity index (χ4v) is 3.35. The van der Waals surface area contributed by atoms with Crippen LogP contribution in [0.3, 0.4) is 0 Å². The maximum atomic E-state index is 12.4. The van der Waals surface area contributed by atoms with Crippen molar-refractivity contribution in [3.05, 3.63) is 51.2 Å². The predicted octanol–water partition coefficient (Wildman–Crippen LogP) is 2.08. The number of aliphatic carboxylic acids is 1. The number of amides is 1. The van der Waals surface area contributed by atoms with Crippen LogP contribution in [-0.4, -0.2) is 32.7 Å². The van der Waals surface area contributed by atoms with Crippen LogP contribution in [0.1, 0.15) is 5.56 Å². The predicted molar refractivity (Wildman–Crippen MR) is 90.0 cm³/mol. The number of carboxylic acids is 1. The highest BCUT2D eigenvalue weighted by Crippen LogP contribution is 2.32. The number of para-hydroxylation sites is 1. The Morgan fingerprint density at radius 2 is 2.09 bits per heavy atom. The number of hydrogen-bond donors (Lipinski definition) is 1. The number of thiocarbonyl (C=S) groups is 1. The summed E-state index contributed by atoms with van der Waals surface area (Å²) in [7, 11) is 0. The van der Waals surface area contributed by atoms with Crippen LogP contribution >= 0.6 is 24.0 Å². The maximum absolute atomic E-state index is 12.4. The number of carboxylic acid groups (broad SMARTS) is 1. The van der Waals surface area contributed by atoms with Crippen molar-refractivity contribution < 1.29 is 19.1 Å². The monoisotopic (exact) mass is 347 g/mol. The van der Waals surface area contributed by atoms with Crippen molar-refractivity contribution in [2.45, 2.75) is 0 Å². The van der Waals surface area contributed by atoms with Crippen LogP contribution in [0.2, 0.25) is 0 Å². The first kappa shape index (κ1) is 15.4. The molecule has 1 amide bonds. The van der Waals surface area contributed by atoms with Crippen LogP contribution in [0, 0.1) is 0 Å². The van der Waals surface area contributed by atoms with Crippen LogP contribution in [0.15, 0.2) is 44.6 Å². The van der Waals surface area contributed by atoms with Gasteiger partial charge in [-0.15, -0.1) is 0 Å². The van der Waals surface area contributed by atoms with Gasteiger partial charge in [0.05, 0.1) is 15.9 Å². The minimum Gasteiger partial charge on any atom is -0.480 e. The molecule has 1 aromatic carbocycles. The van der Waals surface area contributed by atoms with Crippen molar-refractivity contribution in [2.24, 2.45) is 0 Å². The van der Waals surface area contributed by atoms with Crippen molar-refractivity contribution in [3.8, 4) is 0 Å². The van der Waals surface area contributed by atoms with E-state index < -0.39 is 18.4 Å². The van der Waals surface area contributed by atoms with Crippen molar-refractivity contribution >= 4 is 57.2 Å².